The molecule has 1 aliphatic carbocycles. The summed E-state index contributed by atoms with van der Waals surface area (Å²) in [5.74, 6) is 2.11. The second-order valence-electron chi connectivity index (χ2n) is 5.77. The van der Waals surface area contributed by atoms with Crippen LogP contribution in [0.2, 0.25) is 0 Å². The van der Waals surface area contributed by atoms with Gasteiger partial charge in [0.25, 0.3) is 0 Å². The van der Waals surface area contributed by atoms with Crippen LogP contribution in [0.3, 0.4) is 0 Å². The van der Waals surface area contributed by atoms with Crippen molar-refractivity contribution in [1.82, 2.24) is 9.38 Å². The smallest absolute Gasteiger partial charge is 0.195 e. The van der Waals surface area contributed by atoms with Gasteiger partial charge in [0.1, 0.15) is 0 Å². The van der Waals surface area contributed by atoms with Gasteiger partial charge in [-0.05, 0) is 31.6 Å². The highest BCUT2D eigenvalue weighted by Crippen LogP contribution is 2.33. The first-order valence-corrected chi connectivity index (χ1v) is 9.48. The second-order valence-corrected chi connectivity index (χ2v) is 7.20. The second kappa shape index (κ2) is 6.06. The minimum absolute atomic E-state index is 0.653. The summed E-state index contributed by atoms with van der Waals surface area (Å²) in [5, 5.41) is 2.96. The van der Waals surface area contributed by atoms with Crippen LogP contribution in [0.25, 0.3) is 4.96 Å². The van der Waals surface area contributed by atoms with E-state index in [1.165, 1.54) is 37.8 Å². The third kappa shape index (κ3) is 2.50. The summed E-state index contributed by atoms with van der Waals surface area (Å²) in [6.45, 7) is 2.32. The number of alkyl halides is 1. The monoisotopic (exact) mass is 355 g/mol. The van der Waals surface area contributed by atoms with E-state index in [1.807, 2.05) is 0 Å². The van der Waals surface area contributed by atoms with Gasteiger partial charge in [0.15, 0.2) is 10.8 Å². The number of anilines is 1. The Bertz CT molecular complexity index is 569. The van der Waals surface area contributed by atoms with Gasteiger partial charge in [0.2, 0.25) is 0 Å². The summed E-state index contributed by atoms with van der Waals surface area (Å²) in [7, 11) is 2.22. The Labute approximate surface area is 133 Å². The summed E-state index contributed by atoms with van der Waals surface area (Å²) < 4.78 is 2.21. The Hall–Kier alpha value is -0.550. The molecule has 3 rings (SSSR count). The Kier molecular flexibility index (Phi) is 4.36. The highest BCUT2D eigenvalue weighted by molar-refractivity contribution is 9.08. The molecule has 0 radical (unpaired) electrons. The maximum Gasteiger partial charge on any atom is 0.195 e. The van der Waals surface area contributed by atoms with E-state index in [2.05, 4.69) is 50.8 Å². The number of nitrogens with zero attached hydrogens (tertiary/aromatic N) is 3. The molecular formula is C15H22BrN3S. The van der Waals surface area contributed by atoms with Crippen molar-refractivity contribution in [2.45, 2.75) is 50.4 Å². The minimum Gasteiger partial charge on any atom is -0.355 e. The van der Waals surface area contributed by atoms with Gasteiger partial charge in [-0.25, -0.2) is 4.98 Å². The van der Waals surface area contributed by atoms with Gasteiger partial charge < -0.3 is 4.90 Å². The molecule has 0 aromatic carbocycles. The number of halogens is 1. The third-order valence-electron chi connectivity index (χ3n) is 4.74. The van der Waals surface area contributed by atoms with Crippen LogP contribution < -0.4 is 4.90 Å². The van der Waals surface area contributed by atoms with Crippen molar-refractivity contribution in [1.29, 1.82) is 0 Å². The quantitative estimate of drug-likeness (QED) is 0.741. The van der Waals surface area contributed by atoms with Gasteiger partial charge in [-0.15, -0.1) is 11.3 Å². The predicted octanol–water partition coefficient (Wildman–Crippen LogP) is 4.70. The number of hydrogen-bond donors (Lipinski definition) is 0. The van der Waals surface area contributed by atoms with Crippen molar-refractivity contribution >= 4 is 38.0 Å². The summed E-state index contributed by atoms with van der Waals surface area (Å²) in [6.07, 6.45) is 8.82. The molecule has 5 heteroatoms. The molecular weight excluding hydrogens is 334 g/mol. The summed E-state index contributed by atoms with van der Waals surface area (Å²) in [5.41, 5.74) is 1.28. The van der Waals surface area contributed by atoms with Gasteiger partial charge in [0.05, 0.1) is 5.69 Å². The number of fused-ring (bicyclic) bond motifs is 1. The molecule has 1 aliphatic rings. The van der Waals surface area contributed by atoms with Gasteiger partial charge in [-0.3, -0.25) is 4.40 Å². The van der Waals surface area contributed by atoms with E-state index in [0.717, 1.165) is 22.0 Å². The van der Waals surface area contributed by atoms with Gasteiger partial charge in [0, 0.05) is 30.0 Å². The van der Waals surface area contributed by atoms with Crippen molar-refractivity contribution in [2.75, 3.05) is 11.9 Å². The molecule has 0 bridgehead atoms. The molecule has 3 nitrogen and oxygen atoms in total. The zero-order chi connectivity index (χ0) is 14.1. The molecule has 2 heterocycles. The molecule has 0 N–H and O–H groups in total. The van der Waals surface area contributed by atoms with E-state index in [0.29, 0.717) is 6.04 Å². The molecule has 0 aliphatic heterocycles. The van der Waals surface area contributed by atoms with E-state index in [-0.39, 0.29) is 0 Å². The fraction of sp³-hybridized carbons (Fsp3) is 0.667. The maximum absolute atomic E-state index is 4.84. The average molecular weight is 356 g/mol. The zero-order valence-electron chi connectivity index (χ0n) is 12.2. The van der Waals surface area contributed by atoms with Gasteiger partial charge in [-0.2, -0.15) is 0 Å². The zero-order valence-corrected chi connectivity index (χ0v) is 14.6. The number of imidazole rings is 1. The number of hydrogen-bond acceptors (Lipinski definition) is 3. The van der Waals surface area contributed by atoms with Crippen LogP contribution in [0.4, 0.5) is 5.82 Å². The molecule has 0 unspecified atom stereocenters. The molecule has 0 saturated heterocycles. The van der Waals surface area contributed by atoms with Crippen molar-refractivity contribution in [2.24, 2.45) is 5.92 Å². The highest BCUT2D eigenvalue weighted by atomic mass is 79.9. The number of thiazole rings is 1. The SMILES string of the molecule is CCC1CCC(N(C)c2nc3sccn3c2CBr)CC1. The fourth-order valence-electron chi connectivity index (χ4n) is 3.34. The minimum atomic E-state index is 0.653. The first-order valence-electron chi connectivity index (χ1n) is 7.47. The standard InChI is InChI=1S/C15H22BrN3S/c1-3-11-4-6-12(7-5-11)18(2)14-13(10-16)19-8-9-20-15(19)17-14/h8-9,11-12H,3-7,10H2,1-2H3. The lowest BCUT2D eigenvalue weighted by atomic mass is 9.84. The van der Waals surface area contributed by atoms with Gasteiger partial charge in [-0.1, -0.05) is 29.3 Å². The Balaban J connectivity index is 1.81. The van der Waals surface area contributed by atoms with Crippen molar-refractivity contribution in [3.63, 3.8) is 0 Å². The largest absolute Gasteiger partial charge is 0.355 e. The Morgan fingerprint density at radius 3 is 2.80 bits per heavy atom. The van der Waals surface area contributed by atoms with Crippen LogP contribution in [-0.4, -0.2) is 22.5 Å². The lowest BCUT2D eigenvalue weighted by Gasteiger charge is -2.35. The van der Waals surface area contributed by atoms with Crippen LogP contribution in [0.15, 0.2) is 11.6 Å². The molecule has 2 aromatic heterocycles. The molecule has 0 atom stereocenters. The van der Waals surface area contributed by atoms with E-state index in [1.54, 1.807) is 11.3 Å². The van der Waals surface area contributed by atoms with Crippen LogP contribution >= 0.6 is 27.3 Å². The van der Waals surface area contributed by atoms with Crippen molar-refractivity contribution < 1.29 is 0 Å². The highest BCUT2D eigenvalue weighted by Gasteiger charge is 2.26. The maximum atomic E-state index is 4.84. The van der Waals surface area contributed by atoms with E-state index < -0.39 is 0 Å². The average Bonchev–Trinajstić information content (AvgIpc) is 3.06. The molecule has 0 amide bonds. The topological polar surface area (TPSA) is 20.5 Å². The Morgan fingerprint density at radius 2 is 2.15 bits per heavy atom. The van der Waals surface area contributed by atoms with Crippen molar-refractivity contribution in [3.8, 4) is 0 Å². The molecule has 1 fully saturated rings. The van der Waals surface area contributed by atoms with Crippen LogP contribution in [0.1, 0.15) is 44.7 Å². The summed E-state index contributed by atoms with van der Waals surface area (Å²) >= 11 is 5.33. The predicted molar refractivity (Wildman–Crippen MR) is 90.1 cm³/mol. The Morgan fingerprint density at radius 1 is 1.40 bits per heavy atom. The van der Waals surface area contributed by atoms with Crippen LogP contribution in [0, 0.1) is 5.92 Å². The number of rotatable bonds is 4. The third-order valence-corrected chi connectivity index (χ3v) is 6.03. The summed E-state index contributed by atoms with van der Waals surface area (Å²) in [4.78, 5) is 8.35. The fourth-order valence-corrected chi connectivity index (χ4v) is 4.59. The first-order chi connectivity index (χ1) is 9.74. The molecule has 2 aromatic rings. The van der Waals surface area contributed by atoms with Crippen molar-refractivity contribution in [3.05, 3.63) is 17.3 Å². The van der Waals surface area contributed by atoms with E-state index in [9.17, 15) is 0 Å². The van der Waals surface area contributed by atoms with E-state index >= 15 is 0 Å². The number of aromatic nitrogens is 2. The molecule has 0 spiro atoms. The summed E-state index contributed by atoms with van der Waals surface area (Å²) in [6, 6.07) is 0.653. The molecule has 1 saturated carbocycles. The molecule has 110 valence electrons. The lowest BCUT2D eigenvalue weighted by Crippen LogP contribution is -2.35. The van der Waals surface area contributed by atoms with Gasteiger partial charge >= 0.3 is 0 Å². The van der Waals surface area contributed by atoms with Crippen LogP contribution in [-0.2, 0) is 5.33 Å². The lowest BCUT2D eigenvalue weighted by molar-refractivity contribution is 0.313. The van der Waals surface area contributed by atoms with E-state index in [4.69, 9.17) is 4.98 Å². The first kappa shape index (κ1) is 14.4. The molecule has 20 heavy (non-hydrogen) atoms. The normalized spacial score (nSPS) is 23.4. The van der Waals surface area contributed by atoms with Crippen LogP contribution in [0.5, 0.6) is 0 Å².